The first-order valence-corrected chi connectivity index (χ1v) is 9.67. The number of nitrogens with zero attached hydrogens (tertiary/aromatic N) is 3. The summed E-state index contributed by atoms with van der Waals surface area (Å²) in [7, 11) is 0. The molecule has 1 aliphatic heterocycles. The van der Waals surface area contributed by atoms with Gasteiger partial charge in [0.15, 0.2) is 0 Å². The van der Waals surface area contributed by atoms with Gasteiger partial charge in [-0.05, 0) is 37.5 Å². The summed E-state index contributed by atoms with van der Waals surface area (Å²) in [6.45, 7) is -1.34. The highest BCUT2D eigenvalue weighted by Gasteiger charge is 2.33. The number of benzene rings is 1. The van der Waals surface area contributed by atoms with Crippen molar-refractivity contribution in [2.45, 2.75) is 31.3 Å². The second-order valence-corrected chi connectivity index (χ2v) is 7.58. The smallest absolute Gasteiger partial charge is 0.142 e. The number of aromatic nitrogens is 1. The van der Waals surface area contributed by atoms with Gasteiger partial charge in [0.2, 0.25) is 0 Å². The first-order chi connectivity index (χ1) is 13.6. The number of nitriles is 1. The molecular weight excluding hydrogens is 387 g/mol. The van der Waals surface area contributed by atoms with Crippen molar-refractivity contribution in [3.8, 4) is 6.07 Å². The number of rotatable bonds is 5. The monoisotopic (exact) mass is 405 g/mol. The molecule has 0 bridgehead atoms. The van der Waals surface area contributed by atoms with Gasteiger partial charge in [-0.25, -0.2) is 13.2 Å². The summed E-state index contributed by atoms with van der Waals surface area (Å²) in [5.74, 6) is -0.595. The molecule has 1 aromatic carbocycles. The molecule has 1 aliphatic carbocycles. The van der Waals surface area contributed by atoms with Crippen LogP contribution in [0.15, 0.2) is 30.4 Å². The predicted octanol–water partition coefficient (Wildman–Crippen LogP) is 5.55. The van der Waals surface area contributed by atoms with Crippen LogP contribution in [0.4, 0.5) is 13.2 Å². The van der Waals surface area contributed by atoms with Gasteiger partial charge in [-0.2, -0.15) is 5.26 Å². The maximum atomic E-state index is 14.2. The Kier molecular flexibility index (Phi) is 5.11. The Hall–Kier alpha value is -2.39. The molecular formula is C21H19ClF3N3. The molecule has 1 fully saturated rings. The van der Waals surface area contributed by atoms with Gasteiger partial charge in [-0.3, -0.25) is 0 Å². The molecule has 0 unspecified atom stereocenters. The van der Waals surface area contributed by atoms with Crippen molar-refractivity contribution in [2.75, 3.05) is 19.9 Å². The van der Waals surface area contributed by atoms with Crippen LogP contribution in [0.25, 0.3) is 16.6 Å². The maximum absolute atomic E-state index is 14.2. The third-order valence-electron chi connectivity index (χ3n) is 5.64. The Morgan fingerprint density at radius 3 is 2.61 bits per heavy atom. The summed E-state index contributed by atoms with van der Waals surface area (Å²) in [6, 6.07) is 4.22. The SMILES string of the molecule is N#Cc1c(C2=CC=CCN2C(CF)CF)n(C2CCC2)c2cc(Cl)c(F)cc12. The zero-order chi connectivity index (χ0) is 19.8. The Balaban J connectivity index is 2.01. The van der Waals surface area contributed by atoms with E-state index in [2.05, 4.69) is 6.07 Å². The summed E-state index contributed by atoms with van der Waals surface area (Å²) in [5.41, 5.74) is 2.15. The Morgan fingerprint density at radius 2 is 2.00 bits per heavy atom. The van der Waals surface area contributed by atoms with Crippen molar-refractivity contribution in [3.05, 3.63) is 52.5 Å². The first kappa shape index (κ1) is 18.9. The normalized spacial score (nSPS) is 17.1. The lowest BCUT2D eigenvalue weighted by Gasteiger charge is -2.36. The summed E-state index contributed by atoms with van der Waals surface area (Å²) < 4.78 is 43.2. The highest BCUT2D eigenvalue weighted by molar-refractivity contribution is 6.31. The number of alkyl halides is 2. The fourth-order valence-electron chi connectivity index (χ4n) is 3.99. The fourth-order valence-corrected chi connectivity index (χ4v) is 4.15. The Morgan fingerprint density at radius 1 is 1.25 bits per heavy atom. The summed E-state index contributed by atoms with van der Waals surface area (Å²) >= 11 is 6.03. The van der Waals surface area contributed by atoms with Crippen molar-refractivity contribution in [1.82, 2.24) is 9.47 Å². The zero-order valence-corrected chi connectivity index (χ0v) is 15.9. The lowest BCUT2D eigenvalue weighted by atomic mass is 9.92. The van der Waals surface area contributed by atoms with Gasteiger partial charge in [0, 0.05) is 18.0 Å². The van der Waals surface area contributed by atoms with Crippen LogP contribution in [0.2, 0.25) is 5.02 Å². The molecule has 7 heteroatoms. The summed E-state index contributed by atoms with van der Waals surface area (Å²) in [4.78, 5) is 1.64. The van der Waals surface area contributed by atoms with E-state index in [-0.39, 0.29) is 11.1 Å². The second kappa shape index (κ2) is 7.56. The lowest BCUT2D eigenvalue weighted by molar-refractivity contribution is 0.210. The van der Waals surface area contributed by atoms with Crippen molar-refractivity contribution in [3.63, 3.8) is 0 Å². The van der Waals surface area contributed by atoms with Crippen LogP contribution in [-0.2, 0) is 0 Å². The highest BCUT2D eigenvalue weighted by atomic mass is 35.5. The quantitative estimate of drug-likeness (QED) is 0.653. The number of allylic oxidation sites excluding steroid dienone is 2. The van der Waals surface area contributed by atoms with Crippen LogP contribution in [0.3, 0.4) is 0 Å². The van der Waals surface area contributed by atoms with Crippen LogP contribution in [0.1, 0.15) is 36.6 Å². The molecule has 2 aliphatic rings. The third-order valence-corrected chi connectivity index (χ3v) is 5.93. The minimum absolute atomic E-state index is 0.0126. The average Bonchev–Trinajstić information content (AvgIpc) is 2.95. The molecule has 146 valence electrons. The molecule has 28 heavy (non-hydrogen) atoms. The van der Waals surface area contributed by atoms with E-state index in [4.69, 9.17) is 11.6 Å². The number of halogens is 4. The second-order valence-electron chi connectivity index (χ2n) is 7.17. The molecule has 1 aromatic heterocycles. The van der Waals surface area contributed by atoms with Gasteiger partial charge in [0.1, 0.15) is 25.2 Å². The van der Waals surface area contributed by atoms with Crippen LogP contribution >= 0.6 is 11.6 Å². The van der Waals surface area contributed by atoms with Gasteiger partial charge >= 0.3 is 0 Å². The number of hydrogen-bond acceptors (Lipinski definition) is 2. The molecule has 1 saturated carbocycles. The first-order valence-electron chi connectivity index (χ1n) is 9.29. The van der Waals surface area contributed by atoms with Gasteiger partial charge in [-0.1, -0.05) is 23.8 Å². The van der Waals surface area contributed by atoms with E-state index in [0.717, 1.165) is 19.3 Å². The van der Waals surface area contributed by atoms with Crippen molar-refractivity contribution in [2.24, 2.45) is 0 Å². The van der Waals surface area contributed by atoms with Crippen molar-refractivity contribution in [1.29, 1.82) is 5.26 Å². The molecule has 4 rings (SSSR count). The molecule has 0 amide bonds. The average molecular weight is 406 g/mol. The molecule has 2 aromatic rings. The molecule has 0 saturated heterocycles. The van der Waals surface area contributed by atoms with Crippen LogP contribution < -0.4 is 0 Å². The molecule has 3 nitrogen and oxygen atoms in total. The third kappa shape index (κ3) is 2.89. The van der Waals surface area contributed by atoms with E-state index in [1.165, 1.54) is 6.07 Å². The Labute approximate surface area is 166 Å². The van der Waals surface area contributed by atoms with Crippen LogP contribution in [0.5, 0.6) is 0 Å². The molecule has 0 atom stereocenters. The lowest BCUT2D eigenvalue weighted by Crippen LogP contribution is -2.39. The minimum Gasteiger partial charge on any atom is -0.358 e. The molecule has 0 N–H and O–H groups in total. The molecule has 0 radical (unpaired) electrons. The minimum atomic E-state index is -0.934. The van der Waals surface area contributed by atoms with E-state index in [1.54, 1.807) is 17.0 Å². The Bertz CT molecular complexity index is 1010. The topological polar surface area (TPSA) is 32.0 Å². The molecule has 2 heterocycles. The van der Waals surface area contributed by atoms with Gasteiger partial charge in [0.25, 0.3) is 0 Å². The van der Waals surface area contributed by atoms with Crippen LogP contribution in [0, 0.1) is 17.1 Å². The number of fused-ring (bicyclic) bond motifs is 1. The highest BCUT2D eigenvalue weighted by Crippen LogP contribution is 2.43. The van der Waals surface area contributed by atoms with E-state index < -0.39 is 25.2 Å². The van der Waals surface area contributed by atoms with E-state index >= 15 is 0 Å². The molecule has 0 spiro atoms. The fraction of sp³-hybridized carbons (Fsp3) is 0.381. The van der Waals surface area contributed by atoms with Gasteiger partial charge in [0.05, 0.1) is 33.5 Å². The zero-order valence-electron chi connectivity index (χ0n) is 15.1. The number of hydrogen-bond donors (Lipinski definition) is 0. The van der Waals surface area contributed by atoms with E-state index in [0.29, 0.717) is 34.4 Å². The maximum Gasteiger partial charge on any atom is 0.142 e. The van der Waals surface area contributed by atoms with Gasteiger partial charge < -0.3 is 9.47 Å². The largest absolute Gasteiger partial charge is 0.358 e. The predicted molar refractivity (Wildman–Crippen MR) is 104 cm³/mol. The van der Waals surface area contributed by atoms with E-state index in [9.17, 15) is 18.4 Å². The van der Waals surface area contributed by atoms with Crippen molar-refractivity contribution < 1.29 is 13.2 Å². The van der Waals surface area contributed by atoms with Gasteiger partial charge in [-0.15, -0.1) is 0 Å². The van der Waals surface area contributed by atoms with Crippen LogP contribution in [-0.4, -0.2) is 35.4 Å². The summed E-state index contributed by atoms with van der Waals surface area (Å²) in [5, 5.41) is 10.4. The summed E-state index contributed by atoms with van der Waals surface area (Å²) in [6.07, 6.45) is 8.31. The standard InChI is InChI=1S/C21H19ClF3N3/c22-17-9-20-15(8-18(17)25)16(12-26)21(28(20)13-4-3-5-13)19-6-1-2-7-27(19)14(10-23)11-24/h1-2,6,8-9,13-14H,3-5,7,10-11H2. The van der Waals surface area contributed by atoms with E-state index in [1.807, 2.05) is 16.7 Å². The van der Waals surface area contributed by atoms with Crippen molar-refractivity contribution >= 4 is 28.2 Å².